The fraction of sp³-hybridized carbons (Fsp3) is 0.176. The molecule has 0 radical (unpaired) electrons. The second-order valence-corrected chi connectivity index (χ2v) is 5.86. The molecule has 21 heavy (non-hydrogen) atoms. The van der Waals surface area contributed by atoms with Gasteiger partial charge in [0, 0.05) is 34.3 Å². The Morgan fingerprint density at radius 2 is 1.76 bits per heavy atom. The van der Waals surface area contributed by atoms with Gasteiger partial charge in [-0.2, -0.15) is 0 Å². The van der Waals surface area contributed by atoms with Gasteiger partial charge >= 0.3 is 0 Å². The Hall–Kier alpha value is -1.94. The van der Waals surface area contributed by atoms with Crippen LogP contribution in [-0.4, -0.2) is 18.2 Å². The summed E-state index contributed by atoms with van der Waals surface area (Å²) in [6, 6.07) is 14.6. The van der Waals surface area contributed by atoms with Gasteiger partial charge in [-0.25, -0.2) is 0 Å². The van der Waals surface area contributed by atoms with Gasteiger partial charge in [0.2, 0.25) is 5.91 Å². The molecule has 0 saturated carbocycles. The first-order valence-electron chi connectivity index (χ1n) is 6.86. The number of anilines is 1. The normalized spacial score (nSPS) is 14.5. The number of amides is 1. The summed E-state index contributed by atoms with van der Waals surface area (Å²) >= 11 is 3.40. The lowest BCUT2D eigenvalue weighted by Gasteiger charge is -2.15. The van der Waals surface area contributed by atoms with E-state index >= 15 is 0 Å². The lowest BCUT2D eigenvalue weighted by Crippen LogP contribution is -2.23. The van der Waals surface area contributed by atoms with Crippen LogP contribution in [0.3, 0.4) is 0 Å². The van der Waals surface area contributed by atoms with Gasteiger partial charge in [0.05, 0.1) is 0 Å². The van der Waals surface area contributed by atoms with Crippen LogP contribution < -0.4 is 4.90 Å². The van der Waals surface area contributed by atoms with Crippen LogP contribution in [0, 0.1) is 0 Å². The summed E-state index contributed by atoms with van der Waals surface area (Å²) in [6.07, 6.45) is 1.51. The average molecular weight is 344 g/mol. The lowest BCUT2D eigenvalue weighted by molar-refractivity contribution is -0.117. The van der Waals surface area contributed by atoms with E-state index in [1.54, 1.807) is 23.1 Å². The molecule has 1 fully saturated rings. The third kappa shape index (κ3) is 2.76. The maximum Gasteiger partial charge on any atom is 0.227 e. The highest BCUT2D eigenvalue weighted by Gasteiger charge is 2.21. The number of halogens is 1. The van der Waals surface area contributed by atoms with Gasteiger partial charge in [-0.15, -0.1) is 0 Å². The number of carbonyl (C=O) groups is 2. The molecule has 0 aliphatic carbocycles. The summed E-state index contributed by atoms with van der Waals surface area (Å²) in [4.78, 5) is 25.9. The molecular weight excluding hydrogens is 330 g/mol. The van der Waals surface area contributed by atoms with Crippen LogP contribution in [0.5, 0.6) is 0 Å². The van der Waals surface area contributed by atoms with E-state index in [2.05, 4.69) is 15.9 Å². The van der Waals surface area contributed by atoms with Crippen molar-refractivity contribution in [3.8, 4) is 0 Å². The monoisotopic (exact) mass is 343 g/mol. The van der Waals surface area contributed by atoms with Crippen molar-refractivity contribution in [3.63, 3.8) is 0 Å². The molecule has 0 N–H and O–H groups in total. The van der Waals surface area contributed by atoms with Gasteiger partial charge < -0.3 is 4.90 Å². The van der Waals surface area contributed by atoms with Crippen molar-refractivity contribution in [2.45, 2.75) is 12.8 Å². The van der Waals surface area contributed by atoms with E-state index in [1.807, 2.05) is 30.3 Å². The Balaban J connectivity index is 1.86. The maximum absolute atomic E-state index is 12.5. The maximum atomic E-state index is 12.5. The average Bonchev–Trinajstić information content (AvgIpc) is 2.93. The third-order valence-corrected chi connectivity index (χ3v) is 4.32. The highest BCUT2D eigenvalue weighted by atomic mass is 79.9. The summed E-state index contributed by atoms with van der Waals surface area (Å²) in [5, 5.41) is 0. The number of hydrogen-bond donors (Lipinski definition) is 0. The predicted octanol–water partition coefficient (Wildman–Crippen LogP) is 3.81. The quantitative estimate of drug-likeness (QED) is 0.794. The van der Waals surface area contributed by atoms with E-state index in [0.717, 1.165) is 23.1 Å². The molecule has 1 heterocycles. The molecule has 4 heteroatoms. The fourth-order valence-corrected chi connectivity index (χ4v) is 2.98. The van der Waals surface area contributed by atoms with Crippen LogP contribution in [0.2, 0.25) is 0 Å². The molecule has 0 spiro atoms. The number of nitrogens with zero attached hydrogens (tertiary/aromatic N) is 1. The van der Waals surface area contributed by atoms with Crippen molar-refractivity contribution in [2.75, 3.05) is 11.4 Å². The van der Waals surface area contributed by atoms with E-state index in [0.29, 0.717) is 17.5 Å². The molecule has 2 aromatic carbocycles. The number of carbonyl (C=O) groups excluding carboxylic acids is 2. The van der Waals surface area contributed by atoms with E-state index < -0.39 is 0 Å². The Bertz CT molecular complexity index is 694. The van der Waals surface area contributed by atoms with Gasteiger partial charge in [0.25, 0.3) is 0 Å². The molecule has 3 rings (SSSR count). The van der Waals surface area contributed by atoms with Gasteiger partial charge in [-0.1, -0.05) is 28.1 Å². The molecule has 0 aromatic heterocycles. The molecule has 0 atom stereocenters. The summed E-state index contributed by atoms with van der Waals surface area (Å²) in [5.74, 6) is 0.127. The third-order valence-electron chi connectivity index (χ3n) is 3.63. The van der Waals surface area contributed by atoms with E-state index in [9.17, 15) is 9.59 Å². The second-order valence-electron chi connectivity index (χ2n) is 5.00. The van der Waals surface area contributed by atoms with Crippen LogP contribution in [-0.2, 0) is 4.79 Å². The van der Waals surface area contributed by atoms with E-state index in [-0.39, 0.29) is 11.7 Å². The fourth-order valence-electron chi connectivity index (χ4n) is 2.51. The second kappa shape index (κ2) is 5.82. The van der Waals surface area contributed by atoms with Gasteiger partial charge in [-0.05, 0) is 42.8 Å². The molecular formula is C17H14BrNO2. The van der Waals surface area contributed by atoms with E-state index in [4.69, 9.17) is 0 Å². The first-order valence-corrected chi connectivity index (χ1v) is 7.66. The Labute approximate surface area is 131 Å². The van der Waals surface area contributed by atoms with Crippen molar-refractivity contribution in [1.82, 2.24) is 0 Å². The van der Waals surface area contributed by atoms with Gasteiger partial charge in [-0.3, -0.25) is 9.59 Å². The van der Waals surface area contributed by atoms with Crippen molar-refractivity contribution in [3.05, 3.63) is 64.1 Å². The van der Waals surface area contributed by atoms with Crippen molar-refractivity contribution < 1.29 is 9.59 Å². The zero-order valence-electron chi connectivity index (χ0n) is 11.4. The lowest BCUT2D eigenvalue weighted by atomic mass is 10.0. The SMILES string of the molecule is O=C(c1ccc(N2CCCC2=O)cc1)c1ccccc1Br. The number of ketones is 1. The minimum Gasteiger partial charge on any atom is -0.312 e. The van der Waals surface area contributed by atoms with Gasteiger partial charge in [0.15, 0.2) is 5.78 Å². The number of hydrogen-bond acceptors (Lipinski definition) is 2. The molecule has 106 valence electrons. The first kappa shape index (κ1) is 14.0. The highest BCUT2D eigenvalue weighted by molar-refractivity contribution is 9.10. The predicted molar refractivity (Wildman–Crippen MR) is 85.6 cm³/mol. The van der Waals surface area contributed by atoms with Crippen LogP contribution in [0.4, 0.5) is 5.69 Å². The standard InChI is InChI=1S/C17H14BrNO2/c18-15-5-2-1-4-14(15)17(21)12-7-9-13(10-8-12)19-11-3-6-16(19)20/h1-2,4-5,7-10H,3,6,11H2. The van der Waals surface area contributed by atoms with Crippen molar-refractivity contribution in [2.24, 2.45) is 0 Å². The summed E-state index contributed by atoms with van der Waals surface area (Å²) < 4.78 is 0.786. The van der Waals surface area contributed by atoms with Crippen molar-refractivity contribution in [1.29, 1.82) is 0 Å². The smallest absolute Gasteiger partial charge is 0.227 e. The minimum absolute atomic E-state index is 0.0261. The number of rotatable bonds is 3. The largest absolute Gasteiger partial charge is 0.312 e. The summed E-state index contributed by atoms with van der Waals surface area (Å²) in [5.41, 5.74) is 2.13. The summed E-state index contributed by atoms with van der Waals surface area (Å²) in [7, 11) is 0. The molecule has 2 aromatic rings. The number of benzene rings is 2. The topological polar surface area (TPSA) is 37.4 Å². The first-order chi connectivity index (χ1) is 10.2. The molecule has 1 aliphatic rings. The molecule has 0 unspecified atom stereocenters. The van der Waals surface area contributed by atoms with Crippen LogP contribution >= 0.6 is 15.9 Å². The Morgan fingerprint density at radius 3 is 2.38 bits per heavy atom. The van der Waals surface area contributed by atoms with E-state index in [1.165, 1.54) is 0 Å². The molecule has 1 aliphatic heterocycles. The zero-order valence-corrected chi connectivity index (χ0v) is 13.0. The van der Waals surface area contributed by atoms with Crippen LogP contribution in [0.25, 0.3) is 0 Å². The van der Waals surface area contributed by atoms with Gasteiger partial charge in [0.1, 0.15) is 0 Å². The Morgan fingerprint density at radius 1 is 1.05 bits per heavy atom. The zero-order chi connectivity index (χ0) is 14.8. The van der Waals surface area contributed by atoms with Crippen LogP contribution in [0.15, 0.2) is 53.0 Å². The molecule has 1 amide bonds. The highest BCUT2D eigenvalue weighted by Crippen LogP contribution is 2.24. The Kier molecular flexibility index (Phi) is 3.88. The molecule has 3 nitrogen and oxygen atoms in total. The molecule has 1 saturated heterocycles. The van der Waals surface area contributed by atoms with Crippen molar-refractivity contribution >= 4 is 33.3 Å². The van der Waals surface area contributed by atoms with Crippen LogP contribution in [0.1, 0.15) is 28.8 Å². The minimum atomic E-state index is -0.0261. The molecule has 0 bridgehead atoms. The summed E-state index contributed by atoms with van der Waals surface area (Å²) in [6.45, 7) is 0.760.